The van der Waals surface area contributed by atoms with Crippen LogP contribution in [0.1, 0.15) is 140 Å². The molecule has 2 aliphatic heterocycles. The van der Waals surface area contributed by atoms with Crippen molar-refractivity contribution >= 4 is 40.0 Å². The molecule has 81 heavy (non-hydrogen) atoms. The summed E-state index contributed by atoms with van der Waals surface area (Å²) in [6, 6.07) is 0.965. The van der Waals surface area contributed by atoms with Crippen LogP contribution in [0.2, 0.25) is 0 Å². The minimum atomic E-state index is -4.99. The van der Waals surface area contributed by atoms with Crippen molar-refractivity contribution < 1.29 is 82.0 Å². The normalized spacial score (nSPS) is 19.9. The maximum atomic E-state index is 13.6. The number of rotatable bonds is 17. The van der Waals surface area contributed by atoms with Gasteiger partial charge in [0.05, 0.1) is 54.2 Å². The Morgan fingerprint density at radius 1 is 0.605 bits per heavy atom. The highest BCUT2D eigenvalue weighted by atomic mass is 79.9. The van der Waals surface area contributed by atoms with Crippen molar-refractivity contribution in [3.05, 3.63) is 69.8 Å². The van der Waals surface area contributed by atoms with Crippen LogP contribution >= 0.6 is 15.9 Å². The third-order valence-corrected chi connectivity index (χ3v) is 13.6. The number of anilines is 2. The van der Waals surface area contributed by atoms with Gasteiger partial charge in [-0.3, -0.25) is 0 Å². The van der Waals surface area contributed by atoms with Crippen molar-refractivity contribution in [1.82, 2.24) is 50.6 Å². The number of halogens is 13. The molecule has 2 aliphatic rings. The van der Waals surface area contributed by atoms with Gasteiger partial charge in [-0.2, -0.15) is 62.7 Å². The molecule has 456 valence electrons. The number of tetrazole rings is 2. The predicted molar refractivity (Wildman–Crippen MR) is 274 cm³/mol. The number of ether oxygens (including phenoxy) is 2. The number of alkyl halides is 13. The number of hydrogen-bond donors (Lipinski definition) is 3. The van der Waals surface area contributed by atoms with E-state index in [0.29, 0.717) is 81.0 Å². The van der Waals surface area contributed by atoms with Gasteiger partial charge in [-0.15, -0.1) is 10.2 Å². The summed E-state index contributed by atoms with van der Waals surface area (Å²) < 4.78 is 173. The Morgan fingerprint density at radius 3 is 1.22 bits per heavy atom. The molecular weight excluding hydrogens is 1170 g/mol. The van der Waals surface area contributed by atoms with Crippen LogP contribution in [0, 0.1) is 0 Å². The standard InChI is InChI=1S/C25H34F6N6O3.C23H30F6N6O2.C2H5BrO/c1-5-19-12-21(13-20(6-2)37(19)23(39)40-15(3)4)35(22-32-34-36(33-22)7-8-38)14-16-9-17(24(26,27)28)11-18(10-16)25(29,30)31;1-5-17-10-19(11-18(6-2)35(17)21(36)37-13(3)4)34(20-30-32-33-31-20)12-14-7-15(22(24,25)26)9-16(8-14)23(27,28)29;3-1-2-4/h9-11,15,19-21,38H,5-8,12-14H2,1-4H3;7-9,13,17-19H,5-6,10-12H2,1-4H3,(H,30,31,32,33);4H,1-2H2/t19-,20+,21?;17-,18+,19?;. The summed E-state index contributed by atoms with van der Waals surface area (Å²) in [4.78, 5) is 33.3. The predicted octanol–water partition coefficient (Wildman–Crippen LogP) is 11.5. The second-order valence-electron chi connectivity index (χ2n) is 19.8. The number of carbonyl (C=O) groups is 2. The molecule has 2 aromatic carbocycles. The number of piperidine rings is 2. The second kappa shape index (κ2) is 29.5. The number of hydrogen-bond acceptors (Lipinski definition) is 14. The first-order chi connectivity index (χ1) is 37.8. The number of likely N-dealkylation sites (tertiary alicyclic amines) is 2. The number of H-pyrrole nitrogens is 1. The van der Waals surface area contributed by atoms with Crippen molar-refractivity contribution in [2.24, 2.45) is 0 Å². The van der Waals surface area contributed by atoms with Crippen LogP contribution in [-0.2, 0) is 53.8 Å². The van der Waals surface area contributed by atoms with Gasteiger partial charge in [-0.25, -0.2) is 9.59 Å². The number of carbonyl (C=O) groups excluding carboxylic acids is 2. The SMILES string of the molecule is CC[C@@H]1CC(N(Cc2cc(C(F)(F)F)cc(C(F)(F)F)c2)c2nn[nH]n2)C[C@H](CC)N1C(=O)OC(C)C.CC[C@@H]1CC(N(Cc2cc(C(F)(F)F)cc(C(F)(F)F)c2)c2nnn(CCO)n2)C[C@H](CC)N1C(=O)OC(C)C.OCCBr. The molecule has 3 N–H and O–H groups in total. The largest absolute Gasteiger partial charge is 0.447 e. The van der Waals surface area contributed by atoms with E-state index in [9.17, 15) is 67.4 Å². The fraction of sp³-hybridized carbons (Fsp3) is 0.680. The Hall–Kier alpha value is -5.72. The van der Waals surface area contributed by atoms with E-state index in [0.717, 1.165) is 4.80 Å². The molecule has 2 unspecified atom stereocenters. The topological polar surface area (TPSA) is 204 Å². The van der Waals surface area contributed by atoms with E-state index < -0.39 is 65.2 Å². The van der Waals surface area contributed by atoms with Crippen molar-refractivity contribution in [2.75, 3.05) is 28.3 Å². The zero-order valence-electron chi connectivity index (χ0n) is 45.8. The van der Waals surface area contributed by atoms with Gasteiger partial charge in [0.2, 0.25) is 0 Å². The van der Waals surface area contributed by atoms with E-state index in [-0.39, 0.29) is 110 Å². The van der Waals surface area contributed by atoms with E-state index >= 15 is 0 Å². The molecule has 0 radical (unpaired) electrons. The van der Waals surface area contributed by atoms with Gasteiger partial charge in [-0.05, 0) is 137 Å². The van der Waals surface area contributed by atoms with Gasteiger partial charge in [0.15, 0.2) is 0 Å². The summed E-state index contributed by atoms with van der Waals surface area (Å²) in [7, 11) is 0. The summed E-state index contributed by atoms with van der Waals surface area (Å²) in [5.74, 6) is 0.0335. The lowest BCUT2D eigenvalue weighted by Crippen LogP contribution is -2.57. The third kappa shape index (κ3) is 19.2. The minimum absolute atomic E-state index is 0.00270. The summed E-state index contributed by atoms with van der Waals surface area (Å²) in [6.45, 7) is 13.8. The molecule has 0 spiro atoms. The third-order valence-electron chi connectivity index (χ3n) is 13.3. The lowest BCUT2D eigenvalue weighted by Gasteiger charge is -2.47. The lowest BCUT2D eigenvalue weighted by atomic mass is 9.87. The van der Waals surface area contributed by atoms with E-state index in [1.54, 1.807) is 42.4 Å². The summed E-state index contributed by atoms with van der Waals surface area (Å²) in [5.41, 5.74) is -6.06. The molecule has 2 fully saturated rings. The monoisotopic (exact) mass is 1240 g/mol. The van der Waals surface area contributed by atoms with Crippen molar-refractivity contribution in [1.29, 1.82) is 0 Å². The smallest absolute Gasteiger partial charge is 0.416 e. The van der Waals surface area contributed by atoms with Crippen LogP contribution in [0.4, 0.5) is 74.2 Å². The molecule has 31 heteroatoms. The summed E-state index contributed by atoms with van der Waals surface area (Å²) >= 11 is 3.00. The molecule has 4 heterocycles. The van der Waals surface area contributed by atoms with Crippen LogP contribution in [-0.4, -0.2) is 140 Å². The van der Waals surface area contributed by atoms with Crippen LogP contribution in [0.5, 0.6) is 0 Å². The van der Waals surface area contributed by atoms with Crippen molar-refractivity contribution in [3.8, 4) is 0 Å². The van der Waals surface area contributed by atoms with Gasteiger partial charge in [-0.1, -0.05) is 53.8 Å². The highest BCUT2D eigenvalue weighted by Crippen LogP contribution is 2.41. The average Bonchev–Trinajstić information content (AvgIpc) is 4.11. The first kappa shape index (κ1) is 67.8. The number of nitrogens with one attached hydrogen (secondary N) is 1. The number of amides is 2. The van der Waals surface area contributed by atoms with Crippen molar-refractivity contribution in [2.45, 2.75) is 200 Å². The minimum Gasteiger partial charge on any atom is -0.447 e. The number of aromatic nitrogens is 8. The molecule has 0 aliphatic carbocycles. The van der Waals surface area contributed by atoms with Crippen LogP contribution in [0.15, 0.2) is 36.4 Å². The van der Waals surface area contributed by atoms with Gasteiger partial charge >= 0.3 is 36.9 Å². The number of aromatic amines is 1. The number of aliphatic hydroxyl groups excluding tert-OH is 2. The summed E-state index contributed by atoms with van der Waals surface area (Å²) in [5, 5.41) is 43.5. The van der Waals surface area contributed by atoms with Crippen molar-refractivity contribution in [3.63, 3.8) is 0 Å². The fourth-order valence-electron chi connectivity index (χ4n) is 9.74. The molecule has 0 bridgehead atoms. The van der Waals surface area contributed by atoms with Crippen LogP contribution in [0.25, 0.3) is 0 Å². The molecule has 2 aromatic heterocycles. The van der Waals surface area contributed by atoms with Gasteiger partial charge in [0, 0.05) is 54.7 Å². The van der Waals surface area contributed by atoms with E-state index in [1.165, 1.54) is 4.90 Å². The average molecular weight is 1240 g/mol. The van der Waals surface area contributed by atoms with Gasteiger partial charge in [0.25, 0.3) is 11.9 Å². The quantitative estimate of drug-likeness (QED) is 0.0665. The molecule has 18 nitrogen and oxygen atoms in total. The highest BCUT2D eigenvalue weighted by Gasteiger charge is 2.44. The van der Waals surface area contributed by atoms with E-state index in [2.05, 4.69) is 52.0 Å². The number of nitrogens with zero attached hydrogens (tertiary/aromatic N) is 11. The Kier molecular flexibility index (Phi) is 24.7. The fourth-order valence-corrected chi connectivity index (χ4v) is 9.74. The Bertz CT molecular complexity index is 2480. The lowest BCUT2D eigenvalue weighted by molar-refractivity contribution is -0.144. The molecule has 6 rings (SSSR count). The van der Waals surface area contributed by atoms with Crippen LogP contribution < -0.4 is 9.80 Å². The zero-order chi connectivity index (χ0) is 60.8. The van der Waals surface area contributed by atoms with E-state index in [4.69, 9.17) is 14.6 Å². The first-order valence-electron chi connectivity index (χ1n) is 26.2. The molecule has 6 atom stereocenters. The number of benzene rings is 2. The maximum absolute atomic E-state index is 13.6. The molecule has 4 aromatic rings. The van der Waals surface area contributed by atoms with Gasteiger partial charge < -0.3 is 39.3 Å². The Balaban J connectivity index is 0.000000328. The van der Waals surface area contributed by atoms with Gasteiger partial charge in [0.1, 0.15) is 0 Å². The Morgan fingerprint density at radius 2 is 0.951 bits per heavy atom. The molecule has 2 amide bonds. The first-order valence-corrected chi connectivity index (χ1v) is 27.3. The molecular formula is C50H69BrF12N12O6. The maximum Gasteiger partial charge on any atom is 0.416 e. The molecule has 0 saturated carbocycles. The molecule has 2 saturated heterocycles. The zero-order valence-corrected chi connectivity index (χ0v) is 47.4. The highest BCUT2D eigenvalue weighted by molar-refractivity contribution is 9.09. The van der Waals surface area contributed by atoms with Crippen LogP contribution in [0.3, 0.4) is 0 Å². The Labute approximate surface area is 469 Å². The summed E-state index contributed by atoms with van der Waals surface area (Å²) in [6.07, 6.45) is -17.8. The second-order valence-corrected chi connectivity index (χ2v) is 20.6. The van der Waals surface area contributed by atoms with E-state index in [1.807, 2.05) is 27.7 Å². The number of aliphatic hydroxyl groups is 2.